The molecule has 3 rings (SSSR count). The molecule has 0 fully saturated rings. The maximum absolute atomic E-state index is 10.2. The van der Waals surface area contributed by atoms with Crippen LogP contribution >= 0.6 is 0 Å². The number of aliphatic hydroxyl groups excluding tert-OH is 1. The maximum atomic E-state index is 10.2. The number of aliphatic hydroxyl groups is 1. The average Bonchev–Trinajstić information content (AvgIpc) is 2.72. The van der Waals surface area contributed by atoms with E-state index in [0.717, 1.165) is 19.4 Å². The first-order chi connectivity index (χ1) is 13.2. The van der Waals surface area contributed by atoms with E-state index in [2.05, 4.69) is 90.2 Å². The number of rotatable bonds is 9. The molecule has 0 bridgehead atoms. The molecule has 0 aliphatic carbocycles. The molecule has 3 aromatic rings. The van der Waals surface area contributed by atoms with Gasteiger partial charge in [0.2, 0.25) is 0 Å². The van der Waals surface area contributed by atoms with Crippen LogP contribution in [0, 0.1) is 0 Å². The summed E-state index contributed by atoms with van der Waals surface area (Å²) in [5.74, 6) is 0.353. The van der Waals surface area contributed by atoms with Crippen LogP contribution in [0.3, 0.4) is 0 Å². The zero-order valence-corrected chi connectivity index (χ0v) is 16.0. The van der Waals surface area contributed by atoms with Crippen LogP contribution in [0.2, 0.25) is 0 Å². The van der Waals surface area contributed by atoms with Crippen molar-refractivity contribution in [1.82, 2.24) is 5.32 Å². The Kier molecular flexibility index (Phi) is 7.20. The van der Waals surface area contributed by atoms with Gasteiger partial charge in [0.05, 0.1) is 6.10 Å². The van der Waals surface area contributed by atoms with Gasteiger partial charge in [-0.2, -0.15) is 0 Å². The molecule has 3 aromatic carbocycles. The molecule has 2 unspecified atom stereocenters. The molecule has 0 aliphatic heterocycles. The zero-order valence-electron chi connectivity index (χ0n) is 16.0. The van der Waals surface area contributed by atoms with Crippen LogP contribution in [-0.4, -0.2) is 23.8 Å². The third kappa shape index (κ3) is 5.78. The first-order valence-corrected chi connectivity index (χ1v) is 9.79. The molecule has 0 radical (unpaired) electrons. The minimum Gasteiger partial charge on any atom is -0.392 e. The van der Waals surface area contributed by atoms with Gasteiger partial charge < -0.3 is 10.4 Å². The second kappa shape index (κ2) is 10.1. The van der Waals surface area contributed by atoms with Crippen LogP contribution in [-0.2, 0) is 6.42 Å². The number of hydrogen-bond donors (Lipinski definition) is 2. The molecular weight excluding hydrogens is 330 g/mol. The van der Waals surface area contributed by atoms with Crippen molar-refractivity contribution in [2.75, 3.05) is 6.54 Å². The molecule has 27 heavy (non-hydrogen) atoms. The monoisotopic (exact) mass is 359 g/mol. The highest BCUT2D eigenvalue weighted by atomic mass is 16.3. The summed E-state index contributed by atoms with van der Waals surface area (Å²) < 4.78 is 0. The highest BCUT2D eigenvalue weighted by Crippen LogP contribution is 2.27. The van der Waals surface area contributed by atoms with Gasteiger partial charge in [-0.25, -0.2) is 0 Å². The Hall–Kier alpha value is -2.42. The summed E-state index contributed by atoms with van der Waals surface area (Å²) >= 11 is 0. The van der Waals surface area contributed by atoms with E-state index < -0.39 is 6.10 Å². The topological polar surface area (TPSA) is 32.3 Å². The second-order valence-electron chi connectivity index (χ2n) is 7.15. The van der Waals surface area contributed by atoms with Gasteiger partial charge in [-0.15, -0.1) is 0 Å². The summed E-state index contributed by atoms with van der Waals surface area (Å²) in [6, 6.07) is 31.8. The first-order valence-electron chi connectivity index (χ1n) is 9.79. The molecular formula is C25H29NO. The van der Waals surface area contributed by atoms with Crippen LogP contribution in [0.4, 0.5) is 0 Å². The van der Waals surface area contributed by atoms with Crippen molar-refractivity contribution in [2.24, 2.45) is 0 Å². The van der Waals surface area contributed by atoms with E-state index in [1.807, 2.05) is 13.0 Å². The molecule has 140 valence electrons. The molecule has 0 saturated carbocycles. The van der Waals surface area contributed by atoms with Gasteiger partial charge in [-0.05, 0) is 43.0 Å². The lowest BCUT2D eigenvalue weighted by Gasteiger charge is -2.24. The lowest BCUT2D eigenvalue weighted by molar-refractivity contribution is 0.144. The lowest BCUT2D eigenvalue weighted by Crippen LogP contribution is -2.41. The fourth-order valence-corrected chi connectivity index (χ4v) is 3.59. The Morgan fingerprint density at radius 3 is 1.70 bits per heavy atom. The number of benzene rings is 3. The fraction of sp³-hybridized carbons (Fsp3) is 0.280. The third-order valence-corrected chi connectivity index (χ3v) is 5.12. The maximum Gasteiger partial charge on any atom is 0.0668 e. The average molecular weight is 360 g/mol. The predicted molar refractivity (Wildman–Crippen MR) is 113 cm³/mol. The Balaban J connectivity index is 1.66. The molecule has 0 aliphatic rings. The summed E-state index contributed by atoms with van der Waals surface area (Å²) in [4.78, 5) is 0. The molecule has 0 saturated heterocycles. The van der Waals surface area contributed by atoms with Crippen LogP contribution in [0.1, 0.15) is 36.0 Å². The van der Waals surface area contributed by atoms with E-state index in [1.54, 1.807) is 0 Å². The van der Waals surface area contributed by atoms with E-state index >= 15 is 0 Å². The molecule has 2 heteroatoms. The SMILES string of the molecule is CC(O)C(Cc1ccccc1)NCCC(c1ccccc1)c1ccccc1. The van der Waals surface area contributed by atoms with Crippen LogP contribution in [0.15, 0.2) is 91.0 Å². The Morgan fingerprint density at radius 2 is 1.22 bits per heavy atom. The largest absolute Gasteiger partial charge is 0.392 e. The van der Waals surface area contributed by atoms with Gasteiger partial charge >= 0.3 is 0 Å². The minimum atomic E-state index is -0.392. The Morgan fingerprint density at radius 1 is 0.741 bits per heavy atom. The van der Waals surface area contributed by atoms with E-state index in [1.165, 1.54) is 16.7 Å². The van der Waals surface area contributed by atoms with Crippen molar-refractivity contribution < 1.29 is 5.11 Å². The molecule has 0 amide bonds. The van der Waals surface area contributed by atoms with Gasteiger partial charge in [-0.3, -0.25) is 0 Å². The normalized spacial score (nSPS) is 13.4. The Labute approximate surface area is 162 Å². The zero-order chi connectivity index (χ0) is 18.9. The van der Waals surface area contributed by atoms with Crippen LogP contribution in [0.25, 0.3) is 0 Å². The molecule has 2 atom stereocenters. The number of hydrogen-bond acceptors (Lipinski definition) is 2. The molecule has 2 nitrogen and oxygen atoms in total. The van der Waals surface area contributed by atoms with E-state index in [4.69, 9.17) is 0 Å². The highest BCUT2D eigenvalue weighted by Gasteiger charge is 2.18. The Bertz CT molecular complexity index is 732. The second-order valence-corrected chi connectivity index (χ2v) is 7.15. The van der Waals surface area contributed by atoms with Crippen molar-refractivity contribution >= 4 is 0 Å². The van der Waals surface area contributed by atoms with Crippen molar-refractivity contribution in [1.29, 1.82) is 0 Å². The van der Waals surface area contributed by atoms with E-state index in [0.29, 0.717) is 5.92 Å². The van der Waals surface area contributed by atoms with Crippen molar-refractivity contribution in [3.8, 4) is 0 Å². The van der Waals surface area contributed by atoms with Gasteiger partial charge in [0.1, 0.15) is 0 Å². The van der Waals surface area contributed by atoms with Gasteiger partial charge in [0.15, 0.2) is 0 Å². The summed E-state index contributed by atoms with van der Waals surface area (Å²) in [7, 11) is 0. The van der Waals surface area contributed by atoms with Crippen molar-refractivity contribution in [2.45, 2.75) is 37.8 Å². The van der Waals surface area contributed by atoms with E-state index in [9.17, 15) is 5.11 Å². The quantitative estimate of drug-likeness (QED) is 0.576. The first kappa shape index (κ1) is 19.3. The van der Waals surface area contributed by atoms with Gasteiger partial charge in [0, 0.05) is 12.0 Å². The summed E-state index contributed by atoms with van der Waals surface area (Å²) in [5, 5.41) is 13.8. The predicted octanol–water partition coefficient (Wildman–Crippen LogP) is 4.79. The van der Waals surface area contributed by atoms with Crippen molar-refractivity contribution in [3.63, 3.8) is 0 Å². The smallest absolute Gasteiger partial charge is 0.0668 e. The highest BCUT2D eigenvalue weighted by molar-refractivity contribution is 5.32. The fourth-order valence-electron chi connectivity index (χ4n) is 3.59. The van der Waals surface area contributed by atoms with E-state index in [-0.39, 0.29) is 6.04 Å². The molecule has 0 aromatic heterocycles. The minimum absolute atomic E-state index is 0.0552. The van der Waals surface area contributed by atoms with Crippen LogP contribution in [0.5, 0.6) is 0 Å². The standard InChI is InChI=1S/C25H29NO/c1-20(27)25(19-21-11-5-2-6-12-21)26-18-17-24(22-13-7-3-8-14-22)23-15-9-4-10-16-23/h2-16,20,24-27H,17-19H2,1H3. The summed E-state index contributed by atoms with van der Waals surface area (Å²) in [6.07, 6.45) is 1.43. The van der Waals surface area contributed by atoms with Crippen LogP contribution < -0.4 is 5.32 Å². The van der Waals surface area contributed by atoms with Gasteiger partial charge in [0.25, 0.3) is 0 Å². The summed E-state index contributed by atoms with van der Waals surface area (Å²) in [6.45, 7) is 2.73. The summed E-state index contributed by atoms with van der Waals surface area (Å²) in [5.41, 5.74) is 3.92. The van der Waals surface area contributed by atoms with Gasteiger partial charge in [-0.1, -0.05) is 91.0 Å². The molecule has 0 heterocycles. The number of nitrogens with one attached hydrogen (secondary N) is 1. The molecule has 2 N–H and O–H groups in total. The molecule has 0 spiro atoms. The van der Waals surface area contributed by atoms with Crippen molar-refractivity contribution in [3.05, 3.63) is 108 Å². The third-order valence-electron chi connectivity index (χ3n) is 5.12. The lowest BCUT2D eigenvalue weighted by atomic mass is 9.88.